The molecule has 10 nitrogen and oxygen atoms in total. The number of nitro benzene ring substituents is 1. The van der Waals surface area contributed by atoms with E-state index in [1.165, 1.54) is 31.2 Å². The van der Waals surface area contributed by atoms with Gasteiger partial charge in [0.25, 0.3) is 11.6 Å². The van der Waals surface area contributed by atoms with Crippen LogP contribution in [0, 0.1) is 10.1 Å². The number of benzene rings is 1. The van der Waals surface area contributed by atoms with Gasteiger partial charge in [-0.25, -0.2) is 4.79 Å². The summed E-state index contributed by atoms with van der Waals surface area (Å²) in [6, 6.07) is 3.34. The zero-order chi connectivity index (χ0) is 18.4. The number of esters is 1. The van der Waals surface area contributed by atoms with E-state index >= 15 is 0 Å². The molecule has 0 bridgehead atoms. The van der Waals surface area contributed by atoms with Gasteiger partial charge >= 0.3 is 12.0 Å². The smallest absolute Gasteiger partial charge is 0.326 e. The number of ether oxygens (including phenoxy) is 2. The molecule has 1 aliphatic heterocycles. The SMILES string of the molecule is CC(=O)OCCCOc1ccc([N+](=O)[O-])c(/C=C2/NC(=O)NC2=O)c1. The van der Waals surface area contributed by atoms with Crippen molar-refractivity contribution in [3.05, 3.63) is 39.6 Å². The third-order valence-corrected chi connectivity index (χ3v) is 3.08. The Morgan fingerprint density at radius 2 is 2.04 bits per heavy atom. The second kappa shape index (κ2) is 7.90. The lowest BCUT2D eigenvalue weighted by molar-refractivity contribution is -0.385. The molecule has 1 heterocycles. The van der Waals surface area contributed by atoms with Crippen molar-refractivity contribution in [1.29, 1.82) is 0 Å². The second-order valence-electron chi connectivity index (χ2n) is 4.99. The van der Waals surface area contributed by atoms with Gasteiger partial charge < -0.3 is 14.8 Å². The number of carbonyl (C=O) groups is 3. The van der Waals surface area contributed by atoms with Crippen LogP contribution in [0.25, 0.3) is 6.08 Å². The fourth-order valence-electron chi connectivity index (χ4n) is 2.01. The first-order valence-electron chi connectivity index (χ1n) is 7.25. The number of amides is 3. The highest BCUT2D eigenvalue weighted by molar-refractivity contribution is 6.14. The molecule has 0 spiro atoms. The maximum absolute atomic E-state index is 11.5. The molecule has 132 valence electrons. The molecule has 0 aromatic heterocycles. The Kier molecular flexibility index (Phi) is 5.66. The summed E-state index contributed by atoms with van der Waals surface area (Å²) in [4.78, 5) is 43.8. The molecule has 0 saturated carbocycles. The highest BCUT2D eigenvalue weighted by Gasteiger charge is 2.24. The van der Waals surface area contributed by atoms with Gasteiger partial charge in [-0.1, -0.05) is 0 Å². The summed E-state index contributed by atoms with van der Waals surface area (Å²) in [6.07, 6.45) is 1.65. The Bertz CT molecular complexity index is 757. The van der Waals surface area contributed by atoms with Gasteiger partial charge in [0.1, 0.15) is 11.4 Å². The molecule has 0 atom stereocenters. The van der Waals surface area contributed by atoms with Crippen molar-refractivity contribution in [2.24, 2.45) is 0 Å². The van der Waals surface area contributed by atoms with E-state index in [-0.39, 0.29) is 36.1 Å². The van der Waals surface area contributed by atoms with E-state index in [0.29, 0.717) is 12.2 Å². The normalized spacial score (nSPS) is 14.8. The van der Waals surface area contributed by atoms with Crippen LogP contribution in [-0.2, 0) is 14.3 Å². The van der Waals surface area contributed by atoms with E-state index in [1.54, 1.807) is 0 Å². The summed E-state index contributed by atoms with van der Waals surface area (Å²) in [5, 5.41) is 15.4. The van der Waals surface area contributed by atoms with Crippen LogP contribution in [-0.4, -0.2) is 36.0 Å². The van der Waals surface area contributed by atoms with Gasteiger partial charge in [0, 0.05) is 19.4 Å². The molecular weight excluding hydrogens is 334 g/mol. The van der Waals surface area contributed by atoms with Crippen molar-refractivity contribution in [3.8, 4) is 5.75 Å². The lowest BCUT2D eigenvalue weighted by atomic mass is 10.1. The Labute approximate surface area is 141 Å². The molecule has 2 N–H and O–H groups in total. The number of imide groups is 1. The van der Waals surface area contributed by atoms with Gasteiger partial charge in [-0.2, -0.15) is 0 Å². The van der Waals surface area contributed by atoms with Crippen molar-refractivity contribution in [2.75, 3.05) is 13.2 Å². The highest BCUT2D eigenvalue weighted by atomic mass is 16.6. The number of carbonyl (C=O) groups excluding carboxylic acids is 3. The second-order valence-corrected chi connectivity index (χ2v) is 4.99. The molecule has 25 heavy (non-hydrogen) atoms. The number of rotatable bonds is 7. The Morgan fingerprint density at radius 1 is 1.28 bits per heavy atom. The Hall–Kier alpha value is -3.43. The molecule has 0 unspecified atom stereocenters. The molecule has 2 rings (SSSR count). The third-order valence-electron chi connectivity index (χ3n) is 3.08. The van der Waals surface area contributed by atoms with Crippen molar-refractivity contribution in [2.45, 2.75) is 13.3 Å². The van der Waals surface area contributed by atoms with Crippen LogP contribution in [0.15, 0.2) is 23.9 Å². The molecule has 1 aromatic carbocycles. The van der Waals surface area contributed by atoms with Crippen LogP contribution >= 0.6 is 0 Å². The van der Waals surface area contributed by atoms with E-state index in [9.17, 15) is 24.5 Å². The van der Waals surface area contributed by atoms with E-state index in [4.69, 9.17) is 9.47 Å². The lowest BCUT2D eigenvalue weighted by Crippen LogP contribution is -2.22. The van der Waals surface area contributed by atoms with E-state index in [0.717, 1.165) is 0 Å². The summed E-state index contributed by atoms with van der Waals surface area (Å²) in [5.74, 6) is -0.724. The van der Waals surface area contributed by atoms with E-state index < -0.39 is 16.9 Å². The lowest BCUT2D eigenvalue weighted by Gasteiger charge is -2.08. The first-order chi connectivity index (χ1) is 11.9. The molecule has 0 aliphatic carbocycles. The van der Waals surface area contributed by atoms with Gasteiger partial charge in [0.05, 0.1) is 23.7 Å². The third kappa shape index (κ3) is 5.03. The van der Waals surface area contributed by atoms with E-state index in [1.807, 2.05) is 5.32 Å². The van der Waals surface area contributed by atoms with Crippen molar-refractivity contribution in [1.82, 2.24) is 10.6 Å². The molecule has 0 radical (unpaired) electrons. The highest BCUT2D eigenvalue weighted by Crippen LogP contribution is 2.26. The maximum atomic E-state index is 11.5. The van der Waals surface area contributed by atoms with Crippen LogP contribution in [0.2, 0.25) is 0 Å². The largest absolute Gasteiger partial charge is 0.493 e. The minimum atomic E-state index is -0.697. The van der Waals surface area contributed by atoms with Crippen LogP contribution in [0.3, 0.4) is 0 Å². The van der Waals surface area contributed by atoms with Crippen molar-refractivity contribution < 1.29 is 28.8 Å². The molecule has 1 saturated heterocycles. The monoisotopic (exact) mass is 349 g/mol. The number of nitro groups is 1. The van der Waals surface area contributed by atoms with Crippen LogP contribution in [0.5, 0.6) is 5.75 Å². The predicted octanol–water partition coefficient (Wildman–Crippen LogP) is 1.11. The minimum Gasteiger partial charge on any atom is -0.493 e. The van der Waals surface area contributed by atoms with Crippen LogP contribution in [0.1, 0.15) is 18.9 Å². The first-order valence-corrected chi connectivity index (χ1v) is 7.25. The maximum Gasteiger partial charge on any atom is 0.326 e. The zero-order valence-electron chi connectivity index (χ0n) is 13.2. The van der Waals surface area contributed by atoms with Gasteiger partial charge in [0.15, 0.2) is 0 Å². The molecule has 10 heteroatoms. The van der Waals surface area contributed by atoms with Gasteiger partial charge in [-0.15, -0.1) is 0 Å². The van der Waals surface area contributed by atoms with Gasteiger partial charge in [-0.3, -0.25) is 25.0 Å². The fraction of sp³-hybridized carbons (Fsp3) is 0.267. The minimum absolute atomic E-state index is 0.0971. The number of nitrogens with zero attached hydrogens (tertiary/aromatic N) is 1. The number of hydrogen-bond donors (Lipinski definition) is 2. The summed E-state index contributed by atoms with van der Waals surface area (Å²) in [6.45, 7) is 1.73. The predicted molar refractivity (Wildman–Crippen MR) is 84.5 cm³/mol. The van der Waals surface area contributed by atoms with Gasteiger partial charge in [-0.05, 0) is 18.2 Å². The quantitative estimate of drug-likeness (QED) is 0.188. The average Bonchev–Trinajstić information content (AvgIpc) is 2.84. The number of hydrogen-bond acceptors (Lipinski definition) is 7. The van der Waals surface area contributed by atoms with Crippen molar-refractivity contribution >= 4 is 29.7 Å². The Balaban J connectivity index is 2.12. The number of urea groups is 1. The molecular formula is C15H15N3O7. The summed E-state index contributed by atoms with van der Waals surface area (Å²) >= 11 is 0. The summed E-state index contributed by atoms with van der Waals surface area (Å²) < 4.78 is 10.2. The summed E-state index contributed by atoms with van der Waals surface area (Å²) in [7, 11) is 0. The van der Waals surface area contributed by atoms with Crippen LogP contribution < -0.4 is 15.4 Å². The van der Waals surface area contributed by atoms with E-state index in [2.05, 4.69) is 5.32 Å². The van der Waals surface area contributed by atoms with Crippen LogP contribution in [0.4, 0.5) is 10.5 Å². The molecule has 1 aliphatic rings. The summed E-state index contributed by atoms with van der Waals surface area (Å²) in [5.41, 5.74) is -0.233. The molecule has 1 aromatic rings. The average molecular weight is 349 g/mol. The van der Waals surface area contributed by atoms with Crippen molar-refractivity contribution in [3.63, 3.8) is 0 Å². The molecule has 3 amide bonds. The zero-order valence-corrected chi connectivity index (χ0v) is 13.2. The standard InChI is InChI=1S/C15H15N3O7/c1-9(19)24-5-2-6-25-11-3-4-13(18(22)23)10(7-11)8-12-14(20)17-15(21)16-12/h3-4,7-8H,2,5-6H2,1H3,(H2,16,17,20,21)/b12-8+. The van der Waals surface area contributed by atoms with Gasteiger partial charge in [0.2, 0.25) is 0 Å². The Morgan fingerprint density at radius 3 is 2.64 bits per heavy atom. The topological polar surface area (TPSA) is 137 Å². The fourth-order valence-corrected chi connectivity index (χ4v) is 2.01. The first kappa shape index (κ1) is 17.9. The number of nitrogens with one attached hydrogen (secondary N) is 2. The molecule has 1 fully saturated rings.